The number of allylic oxidation sites excluding steroid dienone is 1. The van der Waals surface area contributed by atoms with Gasteiger partial charge in [0.1, 0.15) is 0 Å². The van der Waals surface area contributed by atoms with Gasteiger partial charge in [0.25, 0.3) is 0 Å². The average molecular weight is 156 g/mol. The largest absolute Gasteiger partial charge is 0.478 e. The molecule has 0 aromatic carbocycles. The highest BCUT2D eigenvalue weighted by molar-refractivity contribution is 5.87. The first-order valence-electron chi connectivity index (χ1n) is 4.05. The lowest BCUT2D eigenvalue weighted by atomic mass is 10.0. The number of carbonyl (C=O) groups is 1. The maximum Gasteiger partial charge on any atom is 0.331 e. The Bertz CT molecular complexity index is 168. The Morgan fingerprint density at radius 3 is 2.18 bits per heavy atom. The maximum absolute atomic E-state index is 10.6. The van der Waals surface area contributed by atoms with Gasteiger partial charge < -0.3 is 5.11 Å². The van der Waals surface area contributed by atoms with Crippen LogP contribution >= 0.6 is 0 Å². The van der Waals surface area contributed by atoms with E-state index in [4.69, 9.17) is 5.11 Å². The van der Waals surface area contributed by atoms with Crippen molar-refractivity contribution in [3.8, 4) is 0 Å². The molecule has 2 heteroatoms. The van der Waals surface area contributed by atoms with Gasteiger partial charge in [-0.2, -0.15) is 0 Å². The molecule has 0 aliphatic rings. The first kappa shape index (κ1) is 10.2. The summed E-state index contributed by atoms with van der Waals surface area (Å²) in [5, 5.41) is 8.71. The summed E-state index contributed by atoms with van der Waals surface area (Å²) in [5.41, 5.74) is 1.59. The quantitative estimate of drug-likeness (QED) is 0.635. The van der Waals surface area contributed by atoms with E-state index in [1.807, 2.05) is 13.8 Å². The number of hydrogen-bond acceptors (Lipinski definition) is 1. The van der Waals surface area contributed by atoms with Crippen molar-refractivity contribution in [2.75, 3.05) is 0 Å². The van der Waals surface area contributed by atoms with Crippen LogP contribution in [0.15, 0.2) is 11.1 Å². The number of hydrogen-bond donors (Lipinski definition) is 1. The van der Waals surface area contributed by atoms with Crippen molar-refractivity contribution in [3.63, 3.8) is 0 Å². The molecule has 0 spiro atoms. The zero-order valence-corrected chi connectivity index (χ0v) is 7.48. The molecule has 0 rings (SSSR count). The SMILES string of the molecule is CCC/C(C)=C(\CC)C(=O)O. The van der Waals surface area contributed by atoms with Gasteiger partial charge >= 0.3 is 5.97 Å². The fraction of sp³-hybridized carbons (Fsp3) is 0.667. The number of rotatable bonds is 4. The summed E-state index contributed by atoms with van der Waals surface area (Å²) in [7, 11) is 0. The fourth-order valence-corrected chi connectivity index (χ4v) is 1.16. The molecule has 0 saturated carbocycles. The van der Waals surface area contributed by atoms with Crippen molar-refractivity contribution in [2.45, 2.75) is 40.0 Å². The van der Waals surface area contributed by atoms with E-state index < -0.39 is 5.97 Å². The van der Waals surface area contributed by atoms with E-state index in [-0.39, 0.29) is 0 Å². The molecule has 0 aromatic heterocycles. The zero-order chi connectivity index (χ0) is 8.85. The second-order valence-electron chi connectivity index (χ2n) is 2.67. The van der Waals surface area contributed by atoms with Gasteiger partial charge in [0.15, 0.2) is 0 Å². The summed E-state index contributed by atoms with van der Waals surface area (Å²) in [6, 6.07) is 0. The van der Waals surface area contributed by atoms with Crippen LogP contribution in [0.3, 0.4) is 0 Å². The molecule has 0 unspecified atom stereocenters. The van der Waals surface area contributed by atoms with E-state index in [0.29, 0.717) is 12.0 Å². The Morgan fingerprint density at radius 1 is 1.36 bits per heavy atom. The minimum Gasteiger partial charge on any atom is -0.478 e. The Balaban J connectivity index is 4.40. The highest BCUT2D eigenvalue weighted by Gasteiger charge is 2.07. The Kier molecular flexibility index (Phi) is 4.59. The molecule has 64 valence electrons. The van der Waals surface area contributed by atoms with E-state index in [9.17, 15) is 4.79 Å². The van der Waals surface area contributed by atoms with Crippen LogP contribution in [0.2, 0.25) is 0 Å². The van der Waals surface area contributed by atoms with Crippen molar-refractivity contribution in [3.05, 3.63) is 11.1 Å². The standard InChI is InChI=1S/C9H16O2/c1-4-6-7(3)8(5-2)9(10)11/h4-6H2,1-3H3,(H,10,11)/b8-7+. The van der Waals surface area contributed by atoms with Gasteiger partial charge in [-0.25, -0.2) is 4.79 Å². The minimum atomic E-state index is -0.765. The molecule has 0 heterocycles. The molecule has 0 aliphatic carbocycles. The molecule has 0 bridgehead atoms. The lowest BCUT2D eigenvalue weighted by Gasteiger charge is -2.03. The third-order valence-corrected chi connectivity index (χ3v) is 1.75. The van der Waals surface area contributed by atoms with Crippen molar-refractivity contribution in [1.82, 2.24) is 0 Å². The van der Waals surface area contributed by atoms with E-state index in [1.54, 1.807) is 0 Å². The Hall–Kier alpha value is -0.790. The number of carboxylic acid groups (broad SMARTS) is 1. The van der Waals surface area contributed by atoms with Gasteiger partial charge in [0, 0.05) is 5.57 Å². The zero-order valence-electron chi connectivity index (χ0n) is 7.48. The van der Waals surface area contributed by atoms with E-state index in [1.165, 1.54) is 0 Å². The molecule has 0 saturated heterocycles. The van der Waals surface area contributed by atoms with E-state index in [0.717, 1.165) is 18.4 Å². The fourth-order valence-electron chi connectivity index (χ4n) is 1.16. The summed E-state index contributed by atoms with van der Waals surface area (Å²) < 4.78 is 0. The van der Waals surface area contributed by atoms with Crippen molar-refractivity contribution in [1.29, 1.82) is 0 Å². The monoisotopic (exact) mass is 156 g/mol. The molecule has 0 radical (unpaired) electrons. The first-order valence-corrected chi connectivity index (χ1v) is 4.05. The summed E-state index contributed by atoms with van der Waals surface area (Å²) in [5.74, 6) is -0.765. The van der Waals surface area contributed by atoms with Gasteiger partial charge in [0.05, 0.1) is 0 Å². The highest BCUT2D eigenvalue weighted by Crippen LogP contribution is 2.13. The van der Waals surface area contributed by atoms with Gasteiger partial charge in [-0.1, -0.05) is 25.8 Å². The molecule has 2 nitrogen and oxygen atoms in total. The summed E-state index contributed by atoms with van der Waals surface area (Å²) in [4.78, 5) is 10.6. The molecule has 0 atom stereocenters. The number of aliphatic carboxylic acids is 1. The second kappa shape index (κ2) is 4.94. The van der Waals surface area contributed by atoms with Crippen LogP contribution < -0.4 is 0 Å². The first-order chi connectivity index (χ1) is 5.13. The lowest BCUT2D eigenvalue weighted by Crippen LogP contribution is -2.02. The summed E-state index contributed by atoms with van der Waals surface area (Å²) in [6.07, 6.45) is 2.54. The van der Waals surface area contributed by atoms with Gasteiger partial charge in [-0.05, 0) is 19.8 Å². The molecule has 0 fully saturated rings. The molecule has 0 aromatic rings. The van der Waals surface area contributed by atoms with E-state index >= 15 is 0 Å². The Labute approximate surface area is 67.9 Å². The molecular weight excluding hydrogens is 140 g/mol. The minimum absolute atomic E-state index is 0.576. The van der Waals surface area contributed by atoms with Crippen LogP contribution in [0, 0.1) is 0 Å². The molecule has 1 N–H and O–H groups in total. The van der Waals surface area contributed by atoms with Crippen molar-refractivity contribution >= 4 is 5.97 Å². The normalized spacial score (nSPS) is 12.6. The van der Waals surface area contributed by atoms with Crippen LogP contribution in [0.4, 0.5) is 0 Å². The van der Waals surface area contributed by atoms with Crippen molar-refractivity contribution in [2.24, 2.45) is 0 Å². The maximum atomic E-state index is 10.6. The average Bonchev–Trinajstić information content (AvgIpc) is 1.88. The van der Waals surface area contributed by atoms with Crippen LogP contribution in [-0.2, 0) is 4.79 Å². The third-order valence-electron chi connectivity index (χ3n) is 1.75. The van der Waals surface area contributed by atoms with Crippen LogP contribution in [0.1, 0.15) is 40.0 Å². The highest BCUT2D eigenvalue weighted by atomic mass is 16.4. The topological polar surface area (TPSA) is 37.3 Å². The predicted molar refractivity (Wildman–Crippen MR) is 45.5 cm³/mol. The van der Waals surface area contributed by atoms with E-state index in [2.05, 4.69) is 6.92 Å². The summed E-state index contributed by atoms with van der Waals surface area (Å²) >= 11 is 0. The predicted octanol–water partition coefficient (Wildman–Crippen LogP) is 2.60. The molecule has 0 amide bonds. The molecular formula is C9H16O2. The van der Waals surface area contributed by atoms with Gasteiger partial charge in [-0.3, -0.25) is 0 Å². The van der Waals surface area contributed by atoms with Crippen LogP contribution in [-0.4, -0.2) is 11.1 Å². The van der Waals surface area contributed by atoms with Crippen molar-refractivity contribution < 1.29 is 9.90 Å². The van der Waals surface area contributed by atoms with Crippen LogP contribution in [0.5, 0.6) is 0 Å². The molecule has 11 heavy (non-hydrogen) atoms. The second-order valence-corrected chi connectivity index (χ2v) is 2.67. The van der Waals surface area contributed by atoms with Gasteiger partial charge in [0.2, 0.25) is 0 Å². The van der Waals surface area contributed by atoms with Gasteiger partial charge in [-0.15, -0.1) is 0 Å². The third kappa shape index (κ3) is 3.21. The number of carboxylic acids is 1. The Morgan fingerprint density at radius 2 is 1.91 bits per heavy atom. The summed E-state index contributed by atoms with van der Waals surface area (Å²) in [6.45, 7) is 5.83. The smallest absolute Gasteiger partial charge is 0.331 e. The molecule has 0 aliphatic heterocycles. The van der Waals surface area contributed by atoms with Crippen LogP contribution in [0.25, 0.3) is 0 Å². The lowest BCUT2D eigenvalue weighted by molar-refractivity contribution is -0.132.